The molecule has 9 heteroatoms. The molecule has 0 fully saturated rings. The summed E-state index contributed by atoms with van der Waals surface area (Å²) in [5.74, 6) is 0.817. The summed E-state index contributed by atoms with van der Waals surface area (Å²) in [6.07, 6.45) is 1.23. The van der Waals surface area contributed by atoms with Gasteiger partial charge in [-0.2, -0.15) is 4.98 Å². The molecule has 5 aromatic rings. The zero-order valence-corrected chi connectivity index (χ0v) is 20.8. The van der Waals surface area contributed by atoms with Crippen LogP contribution in [0, 0.1) is 26.0 Å². The molecule has 0 atom stereocenters. The number of ether oxygens (including phenoxy) is 1. The minimum atomic E-state index is -0.538. The van der Waals surface area contributed by atoms with Crippen LogP contribution in [0.2, 0.25) is 0 Å². The van der Waals surface area contributed by atoms with Crippen molar-refractivity contribution in [1.82, 2.24) is 15.1 Å². The van der Waals surface area contributed by atoms with Crippen molar-refractivity contribution in [3.05, 3.63) is 94.8 Å². The van der Waals surface area contributed by atoms with Crippen LogP contribution in [-0.4, -0.2) is 28.1 Å². The van der Waals surface area contributed by atoms with Crippen LogP contribution in [0.3, 0.4) is 0 Å². The van der Waals surface area contributed by atoms with Crippen LogP contribution >= 0.6 is 0 Å². The topological polar surface area (TPSA) is 120 Å². The first-order valence-corrected chi connectivity index (χ1v) is 11.6. The SMILES string of the molecule is COc1ccc(-c2[nH]c(C)c(C(=O)Nc3cccc(-c4ncon4)c3)[n+]2[O-])cc1-c1c(C)cccc1C. The van der Waals surface area contributed by atoms with Gasteiger partial charge in [0.05, 0.1) is 12.7 Å². The quantitative estimate of drug-likeness (QED) is 0.246. The van der Waals surface area contributed by atoms with Crippen LogP contribution < -0.4 is 14.8 Å². The first-order chi connectivity index (χ1) is 17.9. The summed E-state index contributed by atoms with van der Waals surface area (Å²) in [5.41, 5.74) is 6.32. The third-order valence-electron chi connectivity index (χ3n) is 6.25. The highest BCUT2D eigenvalue weighted by atomic mass is 16.5. The van der Waals surface area contributed by atoms with Crippen LogP contribution in [0.15, 0.2) is 71.6 Å². The normalized spacial score (nSPS) is 10.9. The fourth-order valence-electron chi connectivity index (χ4n) is 4.52. The highest BCUT2D eigenvalue weighted by Crippen LogP contribution is 2.37. The van der Waals surface area contributed by atoms with Gasteiger partial charge in [0.2, 0.25) is 17.9 Å². The number of nitrogens with one attached hydrogen (secondary N) is 2. The number of anilines is 1. The number of aryl methyl sites for hydroxylation is 3. The van der Waals surface area contributed by atoms with Gasteiger partial charge < -0.3 is 19.8 Å². The molecular weight excluding hydrogens is 470 g/mol. The van der Waals surface area contributed by atoms with Crippen molar-refractivity contribution in [2.75, 3.05) is 12.4 Å². The molecule has 5 rings (SSSR count). The molecule has 186 valence electrons. The highest BCUT2D eigenvalue weighted by Gasteiger charge is 2.26. The number of hydrogen-bond donors (Lipinski definition) is 2. The van der Waals surface area contributed by atoms with Crippen molar-refractivity contribution >= 4 is 11.6 Å². The Morgan fingerprint density at radius 2 is 1.78 bits per heavy atom. The number of carbonyl (C=O) groups excluding carboxylic acids is 1. The summed E-state index contributed by atoms with van der Waals surface area (Å²) in [4.78, 5) is 20.3. The van der Waals surface area contributed by atoms with Gasteiger partial charge in [0.15, 0.2) is 5.69 Å². The molecule has 2 aromatic heterocycles. The monoisotopic (exact) mass is 495 g/mol. The Hall–Kier alpha value is -4.92. The molecule has 0 bridgehead atoms. The number of aromatic amines is 1. The van der Waals surface area contributed by atoms with Crippen molar-refractivity contribution in [3.8, 4) is 39.7 Å². The van der Waals surface area contributed by atoms with Gasteiger partial charge in [0.1, 0.15) is 5.75 Å². The number of imidazole rings is 1. The maximum Gasteiger partial charge on any atom is 0.300 e. The summed E-state index contributed by atoms with van der Waals surface area (Å²) < 4.78 is 11.1. The van der Waals surface area contributed by atoms with E-state index in [4.69, 9.17) is 9.26 Å². The fourth-order valence-corrected chi connectivity index (χ4v) is 4.52. The van der Waals surface area contributed by atoms with Crippen LogP contribution in [0.1, 0.15) is 27.3 Å². The Morgan fingerprint density at radius 1 is 1.03 bits per heavy atom. The second-order valence-corrected chi connectivity index (χ2v) is 8.71. The van der Waals surface area contributed by atoms with Crippen LogP contribution in [0.5, 0.6) is 5.75 Å². The van der Waals surface area contributed by atoms with Crippen molar-refractivity contribution in [2.24, 2.45) is 0 Å². The smallest absolute Gasteiger partial charge is 0.300 e. The number of aromatic nitrogens is 4. The van der Waals surface area contributed by atoms with Crippen LogP contribution in [0.25, 0.3) is 33.9 Å². The Balaban J connectivity index is 1.50. The van der Waals surface area contributed by atoms with E-state index in [0.29, 0.717) is 38.8 Å². The molecule has 0 radical (unpaired) electrons. The zero-order chi connectivity index (χ0) is 26.1. The van der Waals surface area contributed by atoms with Gasteiger partial charge in [0, 0.05) is 23.7 Å². The largest absolute Gasteiger partial charge is 0.710 e. The summed E-state index contributed by atoms with van der Waals surface area (Å²) >= 11 is 0. The first-order valence-electron chi connectivity index (χ1n) is 11.6. The Kier molecular flexibility index (Phi) is 6.19. The van der Waals surface area contributed by atoms with E-state index in [0.717, 1.165) is 22.3 Å². The fraction of sp³-hybridized carbons (Fsp3) is 0.143. The van der Waals surface area contributed by atoms with E-state index in [2.05, 4.69) is 20.4 Å². The Labute approximate surface area is 213 Å². The van der Waals surface area contributed by atoms with E-state index in [1.165, 1.54) is 6.39 Å². The molecule has 2 heterocycles. The molecular formula is C28H25N5O4. The van der Waals surface area contributed by atoms with E-state index in [1.807, 2.05) is 44.2 Å². The molecule has 0 aliphatic carbocycles. The van der Waals surface area contributed by atoms with E-state index in [-0.39, 0.29) is 11.5 Å². The van der Waals surface area contributed by atoms with Crippen LogP contribution in [0.4, 0.5) is 5.69 Å². The maximum atomic E-state index is 13.4. The van der Waals surface area contributed by atoms with Gasteiger partial charge in [-0.05, 0) is 60.9 Å². The van der Waals surface area contributed by atoms with Gasteiger partial charge >= 0.3 is 0 Å². The van der Waals surface area contributed by atoms with E-state index >= 15 is 0 Å². The second kappa shape index (κ2) is 9.62. The van der Waals surface area contributed by atoms with Gasteiger partial charge in [-0.1, -0.05) is 35.5 Å². The molecule has 2 N–H and O–H groups in total. The molecule has 0 saturated heterocycles. The molecule has 9 nitrogen and oxygen atoms in total. The van der Waals surface area contributed by atoms with E-state index < -0.39 is 5.91 Å². The number of methoxy groups -OCH3 is 1. The Morgan fingerprint density at radius 3 is 2.49 bits per heavy atom. The number of H-pyrrole nitrogens is 1. The first kappa shape index (κ1) is 23.8. The highest BCUT2D eigenvalue weighted by molar-refractivity contribution is 6.03. The van der Waals surface area contributed by atoms with Gasteiger partial charge in [-0.3, -0.25) is 4.79 Å². The summed E-state index contributed by atoms with van der Waals surface area (Å²) in [6.45, 7) is 5.77. The molecule has 0 spiro atoms. The predicted octanol–water partition coefficient (Wildman–Crippen LogP) is 5.22. The molecule has 0 aliphatic rings. The number of benzene rings is 3. The molecule has 0 unspecified atom stereocenters. The van der Waals surface area contributed by atoms with E-state index in [1.54, 1.807) is 44.4 Å². The minimum Gasteiger partial charge on any atom is -0.710 e. The number of hydrogen-bond acceptors (Lipinski definition) is 6. The van der Waals surface area contributed by atoms with Crippen molar-refractivity contribution < 1.29 is 18.8 Å². The summed E-state index contributed by atoms with van der Waals surface area (Å²) in [7, 11) is 1.62. The number of rotatable bonds is 6. The standard InChI is InChI=1S/C28H25N5O4/c1-16-7-5-8-17(2)24(16)22-14-20(11-12-23(22)36-4)27-30-18(3)25(33(27)35)28(34)31-21-10-6-9-19(13-21)26-29-15-37-32-26/h5-15,30H,1-4H3,(H,31,34). The van der Waals surface area contributed by atoms with E-state index in [9.17, 15) is 10.0 Å². The lowest BCUT2D eigenvalue weighted by Gasteiger charge is -2.15. The second-order valence-electron chi connectivity index (χ2n) is 8.71. The third kappa shape index (κ3) is 4.42. The van der Waals surface area contributed by atoms with Gasteiger partial charge in [-0.25, -0.2) is 9.71 Å². The van der Waals surface area contributed by atoms with Crippen molar-refractivity contribution in [1.29, 1.82) is 0 Å². The summed E-state index contributed by atoms with van der Waals surface area (Å²) in [5, 5.41) is 20.0. The minimum absolute atomic E-state index is 0.0237. The lowest BCUT2D eigenvalue weighted by molar-refractivity contribution is -0.594. The molecule has 1 amide bonds. The number of carbonyl (C=O) groups is 1. The lowest BCUT2D eigenvalue weighted by Crippen LogP contribution is -2.36. The van der Waals surface area contributed by atoms with Crippen molar-refractivity contribution in [3.63, 3.8) is 0 Å². The maximum absolute atomic E-state index is 13.4. The predicted molar refractivity (Wildman–Crippen MR) is 139 cm³/mol. The number of nitrogens with zero attached hydrogens (tertiary/aromatic N) is 3. The third-order valence-corrected chi connectivity index (χ3v) is 6.25. The lowest BCUT2D eigenvalue weighted by atomic mass is 9.93. The average molecular weight is 496 g/mol. The molecule has 0 aliphatic heterocycles. The zero-order valence-electron chi connectivity index (χ0n) is 20.8. The van der Waals surface area contributed by atoms with Gasteiger partial charge in [-0.15, -0.1) is 0 Å². The Bertz CT molecular complexity index is 1590. The van der Waals surface area contributed by atoms with Gasteiger partial charge in [0.25, 0.3) is 11.7 Å². The molecule has 37 heavy (non-hydrogen) atoms. The van der Waals surface area contributed by atoms with Crippen molar-refractivity contribution in [2.45, 2.75) is 20.8 Å². The molecule has 3 aromatic carbocycles. The number of amides is 1. The average Bonchev–Trinajstić information content (AvgIpc) is 3.52. The van der Waals surface area contributed by atoms with Crippen LogP contribution in [-0.2, 0) is 0 Å². The summed E-state index contributed by atoms with van der Waals surface area (Å²) in [6, 6.07) is 18.6. The molecule has 0 saturated carbocycles.